The molecule has 1 fully saturated rings. The Morgan fingerprint density at radius 2 is 1.81 bits per heavy atom. The van der Waals surface area contributed by atoms with E-state index in [0.29, 0.717) is 16.1 Å². The number of halogens is 1. The fourth-order valence-electron chi connectivity index (χ4n) is 5.12. The topological polar surface area (TPSA) is 134 Å². The fraction of sp³-hybridized carbons (Fsp3) is 0.281. The number of aromatic carboxylic acids is 1. The van der Waals surface area contributed by atoms with Crippen LogP contribution in [0.4, 0.5) is 11.5 Å². The Bertz CT molecular complexity index is 1760. The lowest BCUT2D eigenvalue weighted by molar-refractivity contribution is -0.117. The van der Waals surface area contributed by atoms with E-state index >= 15 is 0 Å². The molecule has 0 bridgehead atoms. The molecule has 2 amide bonds. The largest absolute Gasteiger partial charge is 0.477 e. The van der Waals surface area contributed by atoms with Gasteiger partial charge in [-0.05, 0) is 80.6 Å². The molecule has 1 aliphatic heterocycles. The first kappa shape index (κ1) is 29.8. The molecule has 0 saturated carbocycles. The van der Waals surface area contributed by atoms with E-state index < -0.39 is 34.8 Å². The second-order valence-electron chi connectivity index (χ2n) is 10.8. The summed E-state index contributed by atoms with van der Waals surface area (Å²) in [4.78, 5) is 57.3. The number of pyridine rings is 2. The number of carbonyl (C=O) groups excluding carboxylic acids is 2. The van der Waals surface area contributed by atoms with Gasteiger partial charge in [0.25, 0.3) is 5.91 Å². The molecule has 43 heavy (non-hydrogen) atoms. The quantitative estimate of drug-likeness (QED) is 0.263. The van der Waals surface area contributed by atoms with Gasteiger partial charge < -0.3 is 25.2 Å². The van der Waals surface area contributed by atoms with E-state index in [0.717, 1.165) is 42.9 Å². The van der Waals surface area contributed by atoms with Crippen LogP contribution < -0.4 is 21.0 Å². The molecule has 1 aliphatic rings. The van der Waals surface area contributed by atoms with Crippen molar-refractivity contribution >= 4 is 51.8 Å². The standard InChI is InChI=1S/C32H32ClN5O5/c1-19-6-7-21(14-26(19)33)17-38-18-25(32(42)43)29(39)24-15-23(9-10-27(24)38)36-30(40)20(2)35-31(41)22-8-11-28(34-16-22)37-12-4-3-5-13-37/h6-11,14-16,18,20H,3-5,12-13,17H2,1-2H3,(H,35,41)(H,36,40)(H,42,43)/t20-/m0/s1. The molecule has 3 N–H and O–H groups in total. The lowest BCUT2D eigenvalue weighted by Gasteiger charge is -2.27. The number of carbonyl (C=O) groups is 3. The van der Waals surface area contributed by atoms with Gasteiger partial charge in [0.15, 0.2) is 0 Å². The van der Waals surface area contributed by atoms with Gasteiger partial charge in [0.05, 0.1) is 11.1 Å². The lowest BCUT2D eigenvalue weighted by atomic mass is 10.1. The van der Waals surface area contributed by atoms with E-state index in [1.165, 1.54) is 24.9 Å². The summed E-state index contributed by atoms with van der Waals surface area (Å²) in [6.45, 7) is 5.59. The van der Waals surface area contributed by atoms with Gasteiger partial charge in [0.2, 0.25) is 11.3 Å². The monoisotopic (exact) mass is 601 g/mol. The Hall–Kier alpha value is -4.70. The van der Waals surface area contributed by atoms with Crippen molar-refractivity contribution < 1.29 is 19.5 Å². The first-order valence-electron chi connectivity index (χ1n) is 14.1. The summed E-state index contributed by atoms with van der Waals surface area (Å²) >= 11 is 6.28. The van der Waals surface area contributed by atoms with Crippen molar-refractivity contribution in [2.75, 3.05) is 23.3 Å². The highest BCUT2D eigenvalue weighted by atomic mass is 35.5. The summed E-state index contributed by atoms with van der Waals surface area (Å²) in [6, 6.07) is 12.9. The molecule has 5 rings (SSSR count). The number of benzene rings is 2. The van der Waals surface area contributed by atoms with E-state index in [1.807, 2.05) is 25.1 Å². The van der Waals surface area contributed by atoms with Crippen molar-refractivity contribution in [3.05, 3.63) is 98.4 Å². The second kappa shape index (κ2) is 12.7. The zero-order valence-electron chi connectivity index (χ0n) is 23.9. The molecule has 4 aromatic rings. The molecule has 0 radical (unpaired) electrons. The Morgan fingerprint density at radius 3 is 2.49 bits per heavy atom. The Labute approximate surface area is 253 Å². The average molecular weight is 602 g/mol. The molecular formula is C32H32ClN5O5. The molecule has 1 atom stereocenters. The molecule has 2 aromatic carbocycles. The smallest absolute Gasteiger partial charge is 0.341 e. The highest BCUT2D eigenvalue weighted by Gasteiger charge is 2.20. The minimum Gasteiger partial charge on any atom is -0.477 e. The van der Waals surface area contributed by atoms with E-state index in [4.69, 9.17) is 11.6 Å². The second-order valence-corrected chi connectivity index (χ2v) is 11.2. The molecular weight excluding hydrogens is 570 g/mol. The van der Waals surface area contributed by atoms with Gasteiger partial charge in [0.1, 0.15) is 17.4 Å². The first-order valence-corrected chi connectivity index (χ1v) is 14.5. The fourth-order valence-corrected chi connectivity index (χ4v) is 5.32. The zero-order chi connectivity index (χ0) is 30.7. The Morgan fingerprint density at radius 1 is 1.05 bits per heavy atom. The van der Waals surface area contributed by atoms with Crippen LogP contribution in [0.5, 0.6) is 0 Å². The van der Waals surface area contributed by atoms with Gasteiger partial charge >= 0.3 is 5.97 Å². The van der Waals surface area contributed by atoms with Gasteiger partial charge in [-0.3, -0.25) is 14.4 Å². The van der Waals surface area contributed by atoms with Crippen LogP contribution in [0.2, 0.25) is 5.02 Å². The van der Waals surface area contributed by atoms with Crippen molar-refractivity contribution in [2.45, 2.75) is 45.7 Å². The van der Waals surface area contributed by atoms with Crippen molar-refractivity contribution in [1.29, 1.82) is 0 Å². The maximum absolute atomic E-state index is 13.1. The Balaban J connectivity index is 1.32. The number of amides is 2. The summed E-state index contributed by atoms with van der Waals surface area (Å²) in [5, 5.41) is 15.8. The molecule has 10 nitrogen and oxygen atoms in total. The van der Waals surface area contributed by atoms with Gasteiger partial charge in [-0.1, -0.05) is 23.7 Å². The number of anilines is 2. The summed E-state index contributed by atoms with van der Waals surface area (Å²) in [7, 11) is 0. The van der Waals surface area contributed by atoms with Gasteiger partial charge in [-0.25, -0.2) is 9.78 Å². The van der Waals surface area contributed by atoms with Crippen molar-refractivity contribution in [2.24, 2.45) is 0 Å². The van der Waals surface area contributed by atoms with Crippen LogP contribution in [0.3, 0.4) is 0 Å². The number of carboxylic acids is 1. The molecule has 1 saturated heterocycles. The van der Waals surface area contributed by atoms with E-state index in [1.54, 1.807) is 35.8 Å². The maximum Gasteiger partial charge on any atom is 0.341 e. The number of piperidine rings is 1. The van der Waals surface area contributed by atoms with Crippen molar-refractivity contribution in [3.63, 3.8) is 0 Å². The number of fused-ring (bicyclic) bond motifs is 1. The minimum atomic E-state index is -1.35. The summed E-state index contributed by atoms with van der Waals surface area (Å²) in [6.07, 6.45) is 6.26. The van der Waals surface area contributed by atoms with E-state index in [-0.39, 0.29) is 17.6 Å². The van der Waals surface area contributed by atoms with Gasteiger partial charge in [-0.2, -0.15) is 0 Å². The predicted octanol–water partition coefficient (Wildman–Crippen LogP) is 4.85. The third-order valence-electron chi connectivity index (χ3n) is 7.60. The van der Waals surface area contributed by atoms with Crippen LogP contribution in [-0.2, 0) is 11.3 Å². The zero-order valence-corrected chi connectivity index (χ0v) is 24.6. The predicted molar refractivity (Wildman–Crippen MR) is 166 cm³/mol. The number of aromatic nitrogens is 2. The highest BCUT2D eigenvalue weighted by molar-refractivity contribution is 6.31. The third-order valence-corrected chi connectivity index (χ3v) is 8.01. The molecule has 3 heterocycles. The number of hydrogen-bond donors (Lipinski definition) is 3. The number of aryl methyl sites for hydroxylation is 1. The summed E-state index contributed by atoms with van der Waals surface area (Å²) < 4.78 is 1.67. The lowest BCUT2D eigenvalue weighted by Crippen LogP contribution is -2.41. The number of nitrogens with one attached hydrogen (secondary N) is 2. The number of hydrogen-bond acceptors (Lipinski definition) is 6. The van der Waals surface area contributed by atoms with Crippen LogP contribution in [0.25, 0.3) is 10.9 Å². The van der Waals surface area contributed by atoms with Crippen LogP contribution in [0.15, 0.2) is 65.7 Å². The summed E-state index contributed by atoms with van der Waals surface area (Å²) in [5.74, 6) is -1.48. The molecule has 2 aromatic heterocycles. The molecule has 0 aliphatic carbocycles. The van der Waals surface area contributed by atoms with Gasteiger partial charge in [-0.15, -0.1) is 0 Å². The normalized spacial score (nSPS) is 13.9. The van der Waals surface area contributed by atoms with Gasteiger partial charge in [0, 0.05) is 48.1 Å². The molecule has 11 heteroatoms. The van der Waals surface area contributed by atoms with Crippen LogP contribution in [0, 0.1) is 6.92 Å². The first-order chi connectivity index (χ1) is 20.6. The Kier molecular flexibility index (Phi) is 8.77. The SMILES string of the molecule is Cc1ccc(Cn2cc(C(=O)O)c(=O)c3cc(NC(=O)[C@H](C)NC(=O)c4ccc(N5CCCCC5)nc4)ccc32)cc1Cl. The molecule has 222 valence electrons. The molecule has 0 spiro atoms. The highest BCUT2D eigenvalue weighted by Crippen LogP contribution is 2.22. The van der Waals surface area contributed by atoms with E-state index in [9.17, 15) is 24.3 Å². The van der Waals surface area contributed by atoms with Crippen LogP contribution in [0.1, 0.15) is 58.0 Å². The minimum absolute atomic E-state index is 0.132. The third kappa shape index (κ3) is 6.70. The van der Waals surface area contributed by atoms with Crippen LogP contribution in [-0.4, -0.2) is 51.6 Å². The summed E-state index contributed by atoms with van der Waals surface area (Å²) in [5.41, 5.74) is 1.79. The average Bonchev–Trinajstić information content (AvgIpc) is 3.00. The number of nitrogens with zero attached hydrogens (tertiary/aromatic N) is 3. The van der Waals surface area contributed by atoms with Crippen molar-refractivity contribution in [1.82, 2.24) is 14.9 Å². The van der Waals surface area contributed by atoms with E-state index in [2.05, 4.69) is 20.5 Å². The molecule has 0 unspecified atom stereocenters. The van der Waals surface area contributed by atoms with Crippen molar-refractivity contribution in [3.8, 4) is 0 Å². The maximum atomic E-state index is 13.1. The number of rotatable bonds is 8. The van der Waals surface area contributed by atoms with Crippen LogP contribution >= 0.6 is 11.6 Å². The number of carboxylic acid groups (broad SMARTS) is 1.